The van der Waals surface area contributed by atoms with Gasteiger partial charge in [-0.3, -0.25) is 0 Å². The highest BCUT2D eigenvalue weighted by Gasteiger charge is 2.11. The number of carbonyl (C=O) groups is 1. The number of hydrogen-bond donors (Lipinski definition) is 3. The minimum atomic E-state index is -0.262. The van der Waals surface area contributed by atoms with E-state index in [2.05, 4.69) is 39.8 Å². The van der Waals surface area contributed by atoms with Gasteiger partial charge in [0.05, 0.1) is 10.5 Å². The van der Waals surface area contributed by atoms with E-state index >= 15 is 0 Å². The summed E-state index contributed by atoms with van der Waals surface area (Å²) in [5.74, 6) is 1.78. The molecule has 0 aliphatic rings. The molecule has 158 valence electrons. The van der Waals surface area contributed by atoms with Crippen LogP contribution in [0.3, 0.4) is 0 Å². The lowest BCUT2D eigenvalue weighted by atomic mass is 10.0. The van der Waals surface area contributed by atoms with Crippen molar-refractivity contribution in [3.05, 3.63) is 57.8 Å². The van der Waals surface area contributed by atoms with E-state index in [9.17, 15) is 4.79 Å². The van der Waals surface area contributed by atoms with Crippen LogP contribution in [0, 0.1) is 0 Å². The lowest BCUT2D eigenvalue weighted by Crippen LogP contribution is -2.32. The molecule has 30 heavy (non-hydrogen) atoms. The van der Waals surface area contributed by atoms with E-state index < -0.39 is 0 Å². The van der Waals surface area contributed by atoms with E-state index in [1.165, 1.54) is 5.56 Å². The van der Waals surface area contributed by atoms with Crippen molar-refractivity contribution in [3.63, 3.8) is 0 Å². The number of anilines is 2. The van der Waals surface area contributed by atoms with Crippen LogP contribution >= 0.6 is 23.2 Å². The lowest BCUT2D eigenvalue weighted by molar-refractivity contribution is 0.252. The van der Waals surface area contributed by atoms with Crippen molar-refractivity contribution < 1.29 is 4.79 Å². The molecule has 0 spiro atoms. The number of benzene rings is 2. The van der Waals surface area contributed by atoms with Crippen molar-refractivity contribution in [1.29, 1.82) is 0 Å². The zero-order valence-corrected chi connectivity index (χ0v) is 18.7. The average molecular weight is 446 g/mol. The molecular formula is C22H25Cl2N5O. The molecule has 0 saturated carbocycles. The summed E-state index contributed by atoms with van der Waals surface area (Å²) in [6, 6.07) is 11.0. The average Bonchev–Trinajstić information content (AvgIpc) is 2.71. The molecule has 0 aliphatic carbocycles. The highest BCUT2D eigenvalue weighted by Crippen LogP contribution is 2.30. The van der Waals surface area contributed by atoms with Crippen LogP contribution in [-0.2, 0) is 6.42 Å². The second-order valence-corrected chi connectivity index (χ2v) is 8.05. The Kier molecular flexibility index (Phi) is 7.34. The van der Waals surface area contributed by atoms with Gasteiger partial charge in [-0.15, -0.1) is 0 Å². The maximum Gasteiger partial charge on any atom is 0.319 e. The highest BCUT2D eigenvalue weighted by molar-refractivity contribution is 6.38. The van der Waals surface area contributed by atoms with Crippen LogP contribution in [0.1, 0.15) is 38.1 Å². The standard InChI is InChI=1S/C22H25Cl2N5O/c1-4-19-28-20-17(11-15(23)12-18(20)24)21(29-19)25-9-10-26-22(30)27-16-7-5-14(6-8-16)13(2)3/h5-8,11-13H,4,9-10H2,1-3H3,(H,25,28,29)(H2,26,27,30). The van der Waals surface area contributed by atoms with Crippen molar-refractivity contribution in [1.82, 2.24) is 15.3 Å². The van der Waals surface area contributed by atoms with Crippen LogP contribution in [0.15, 0.2) is 36.4 Å². The van der Waals surface area contributed by atoms with Gasteiger partial charge in [-0.05, 0) is 35.7 Å². The predicted octanol–water partition coefficient (Wildman–Crippen LogP) is 5.86. The monoisotopic (exact) mass is 445 g/mol. The van der Waals surface area contributed by atoms with Gasteiger partial charge in [-0.2, -0.15) is 0 Å². The van der Waals surface area contributed by atoms with E-state index in [0.29, 0.717) is 52.6 Å². The van der Waals surface area contributed by atoms with Crippen molar-refractivity contribution in [2.45, 2.75) is 33.1 Å². The van der Waals surface area contributed by atoms with E-state index in [0.717, 1.165) is 11.1 Å². The van der Waals surface area contributed by atoms with Gasteiger partial charge in [0.2, 0.25) is 0 Å². The summed E-state index contributed by atoms with van der Waals surface area (Å²) >= 11 is 12.4. The van der Waals surface area contributed by atoms with Crippen LogP contribution < -0.4 is 16.0 Å². The fraction of sp³-hybridized carbons (Fsp3) is 0.318. The number of aryl methyl sites for hydroxylation is 1. The third kappa shape index (κ3) is 5.52. The Morgan fingerprint density at radius 2 is 1.80 bits per heavy atom. The molecule has 0 fully saturated rings. The summed E-state index contributed by atoms with van der Waals surface area (Å²) < 4.78 is 0. The van der Waals surface area contributed by atoms with E-state index in [1.54, 1.807) is 12.1 Å². The number of fused-ring (bicyclic) bond motifs is 1. The molecule has 0 saturated heterocycles. The summed E-state index contributed by atoms with van der Waals surface area (Å²) in [4.78, 5) is 21.2. The fourth-order valence-corrected chi connectivity index (χ4v) is 3.52. The number of carbonyl (C=O) groups excluding carboxylic acids is 1. The summed E-state index contributed by atoms with van der Waals surface area (Å²) in [5.41, 5.74) is 2.64. The third-order valence-electron chi connectivity index (χ3n) is 4.62. The van der Waals surface area contributed by atoms with Crippen molar-refractivity contribution >= 4 is 51.6 Å². The first-order valence-corrected chi connectivity index (χ1v) is 10.7. The minimum Gasteiger partial charge on any atom is -0.368 e. The Morgan fingerprint density at radius 3 is 2.47 bits per heavy atom. The number of aromatic nitrogens is 2. The summed E-state index contributed by atoms with van der Waals surface area (Å²) in [6.07, 6.45) is 0.680. The van der Waals surface area contributed by atoms with Crippen molar-refractivity contribution in [3.8, 4) is 0 Å². The van der Waals surface area contributed by atoms with Gasteiger partial charge in [-0.1, -0.05) is 56.1 Å². The minimum absolute atomic E-state index is 0.262. The van der Waals surface area contributed by atoms with Gasteiger partial charge in [0.1, 0.15) is 11.6 Å². The maximum atomic E-state index is 12.1. The zero-order chi connectivity index (χ0) is 21.7. The smallest absolute Gasteiger partial charge is 0.319 e. The quantitative estimate of drug-likeness (QED) is 0.398. The summed E-state index contributed by atoms with van der Waals surface area (Å²) in [6.45, 7) is 7.15. The number of amides is 2. The maximum absolute atomic E-state index is 12.1. The first kappa shape index (κ1) is 22.1. The topological polar surface area (TPSA) is 78.9 Å². The van der Waals surface area contributed by atoms with Crippen LogP contribution in [0.25, 0.3) is 10.9 Å². The van der Waals surface area contributed by atoms with Crippen LogP contribution in [0.5, 0.6) is 0 Å². The molecule has 3 aromatic rings. The van der Waals surface area contributed by atoms with Crippen LogP contribution in [0.4, 0.5) is 16.3 Å². The molecule has 0 unspecified atom stereocenters. The molecule has 3 rings (SSSR count). The molecule has 0 bridgehead atoms. The van der Waals surface area contributed by atoms with Crippen molar-refractivity contribution in [2.75, 3.05) is 23.7 Å². The molecular weight excluding hydrogens is 421 g/mol. The zero-order valence-electron chi connectivity index (χ0n) is 17.2. The normalized spacial score (nSPS) is 11.0. The first-order chi connectivity index (χ1) is 14.4. The molecule has 6 nitrogen and oxygen atoms in total. The Balaban J connectivity index is 1.58. The number of nitrogens with one attached hydrogen (secondary N) is 3. The van der Waals surface area contributed by atoms with Gasteiger partial charge >= 0.3 is 6.03 Å². The lowest BCUT2D eigenvalue weighted by Gasteiger charge is -2.13. The molecule has 0 atom stereocenters. The third-order valence-corrected chi connectivity index (χ3v) is 5.13. The van der Waals surface area contributed by atoms with E-state index in [1.807, 2.05) is 31.2 Å². The highest BCUT2D eigenvalue weighted by atomic mass is 35.5. The Bertz CT molecular complexity index is 1040. The van der Waals surface area contributed by atoms with Crippen LogP contribution in [0.2, 0.25) is 10.0 Å². The molecule has 1 aromatic heterocycles. The molecule has 0 radical (unpaired) electrons. The number of nitrogens with zero attached hydrogens (tertiary/aromatic N) is 2. The van der Waals surface area contributed by atoms with Gasteiger partial charge in [0.25, 0.3) is 0 Å². The number of halogens is 2. The molecule has 2 aromatic carbocycles. The van der Waals surface area contributed by atoms with Gasteiger partial charge in [0, 0.05) is 35.6 Å². The number of rotatable bonds is 7. The molecule has 2 amide bonds. The number of urea groups is 1. The Morgan fingerprint density at radius 1 is 1.07 bits per heavy atom. The SMILES string of the molecule is CCc1nc(NCCNC(=O)Nc2ccc(C(C)C)cc2)c2cc(Cl)cc(Cl)c2n1. The van der Waals surface area contributed by atoms with Crippen LogP contribution in [-0.4, -0.2) is 29.1 Å². The predicted molar refractivity (Wildman–Crippen MR) is 125 cm³/mol. The Hall–Kier alpha value is -2.57. The van der Waals surface area contributed by atoms with Gasteiger partial charge < -0.3 is 16.0 Å². The van der Waals surface area contributed by atoms with E-state index in [4.69, 9.17) is 23.2 Å². The van der Waals surface area contributed by atoms with Gasteiger partial charge in [0.15, 0.2) is 0 Å². The van der Waals surface area contributed by atoms with Crippen molar-refractivity contribution in [2.24, 2.45) is 0 Å². The van der Waals surface area contributed by atoms with E-state index in [-0.39, 0.29) is 6.03 Å². The summed E-state index contributed by atoms with van der Waals surface area (Å²) in [5, 5.41) is 10.7. The molecule has 3 N–H and O–H groups in total. The summed E-state index contributed by atoms with van der Waals surface area (Å²) in [7, 11) is 0. The first-order valence-electron chi connectivity index (χ1n) is 9.91. The fourth-order valence-electron chi connectivity index (χ4n) is 2.98. The van der Waals surface area contributed by atoms with Gasteiger partial charge in [-0.25, -0.2) is 14.8 Å². The second-order valence-electron chi connectivity index (χ2n) is 7.21. The second kappa shape index (κ2) is 9.96. The number of hydrogen-bond acceptors (Lipinski definition) is 4. The molecule has 8 heteroatoms. The molecule has 1 heterocycles. The Labute approximate surface area is 186 Å². The largest absolute Gasteiger partial charge is 0.368 e. The molecule has 0 aliphatic heterocycles.